The topological polar surface area (TPSA) is 98.9 Å². The van der Waals surface area contributed by atoms with E-state index in [1.165, 1.54) is 0 Å². The highest BCUT2D eigenvalue weighted by Crippen LogP contribution is 2.47. The van der Waals surface area contributed by atoms with E-state index in [0.717, 1.165) is 31.6 Å². The van der Waals surface area contributed by atoms with Crippen LogP contribution in [0.4, 0.5) is 0 Å². The number of ether oxygens (including phenoxy) is 2. The molecule has 0 saturated heterocycles. The molecule has 170 valence electrons. The summed E-state index contributed by atoms with van der Waals surface area (Å²) in [5.74, 6) is 0.217. The number of carbonyl (C=O) groups is 2. The van der Waals surface area contributed by atoms with Crippen LogP contribution in [0.2, 0.25) is 0 Å². The second kappa shape index (κ2) is 9.94. The third-order valence-corrected chi connectivity index (χ3v) is 5.52. The van der Waals surface area contributed by atoms with Crippen molar-refractivity contribution in [1.29, 1.82) is 0 Å². The van der Waals surface area contributed by atoms with E-state index in [4.69, 9.17) is 19.1 Å². The van der Waals surface area contributed by atoms with Crippen LogP contribution in [0.5, 0.6) is 0 Å². The van der Waals surface area contributed by atoms with E-state index in [0.29, 0.717) is 24.0 Å². The second-order valence-electron chi connectivity index (χ2n) is 10.4. The van der Waals surface area contributed by atoms with Crippen molar-refractivity contribution in [3.8, 4) is 0 Å². The van der Waals surface area contributed by atoms with E-state index in [1.807, 2.05) is 26.8 Å². The standard InChI is InChI=1S/C23H37NO6/c1-22(2,3)29-21(27)11-16(7-8-20(25)26)18-12-19(30-24-18)17-9-15(10-17)13-23(4,5)14-28-6/h12,15-17H,7-11,13-14H2,1-6H3,(H,25,26)/t15-,16-,17+/m0/s1. The molecule has 7 heteroatoms. The van der Waals surface area contributed by atoms with E-state index in [2.05, 4.69) is 19.0 Å². The van der Waals surface area contributed by atoms with Gasteiger partial charge in [-0.1, -0.05) is 19.0 Å². The fourth-order valence-corrected chi connectivity index (χ4v) is 4.29. The molecule has 1 atom stereocenters. The summed E-state index contributed by atoms with van der Waals surface area (Å²) in [5, 5.41) is 13.2. The van der Waals surface area contributed by atoms with Crippen LogP contribution in [-0.2, 0) is 19.1 Å². The van der Waals surface area contributed by atoms with Gasteiger partial charge in [0.15, 0.2) is 0 Å². The van der Waals surface area contributed by atoms with Crippen molar-refractivity contribution in [3.05, 3.63) is 17.5 Å². The van der Waals surface area contributed by atoms with E-state index in [9.17, 15) is 9.59 Å². The van der Waals surface area contributed by atoms with Gasteiger partial charge >= 0.3 is 11.9 Å². The predicted octanol–water partition coefficient (Wildman–Crippen LogP) is 4.91. The van der Waals surface area contributed by atoms with Crippen molar-refractivity contribution < 1.29 is 28.7 Å². The van der Waals surface area contributed by atoms with Crippen LogP contribution < -0.4 is 0 Å². The molecule has 1 aliphatic rings. The summed E-state index contributed by atoms with van der Waals surface area (Å²) in [4.78, 5) is 23.3. The molecule has 1 heterocycles. The predicted molar refractivity (Wildman–Crippen MR) is 112 cm³/mol. The number of carbonyl (C=O) groups excluding carboxylic acids is 1. The fourth-order valence-electron chi connectivity index (χ4n) is 4.29. The van der Waals surface area contributed by atoms with Gasteiger partial charge in [0, 0.05) is 31.4 Å². The molecule has 0 spiro atoms. The Kier molecular flexibility index (Phi) is 8.08. The van der Waals surface area contributed by atoms with Gasteiger partial charge < -0.3 is 19.1 Å². The molecule has 0 amide bonds. The van der Waals surface area contributed by atoms with Gasteiger partial charge in [-0.3, -0.25) is 9.59 Å². The van der Waals surface area contributed by atoms with Crippen LogP contribution in [-0.4, -0.2) is 41.5 Å². The number of esters is 1. The molecule has 1 fully saturated rings. The van der Waals surface area contributed by atoms with Crippen molar-refractivity contribution in [3.63, 3.8) is 0 Å². The Morgan fingerprint density at radius 1 is 1.27 bits per heavy atom. The lowest BCUT2D eigenvalue weighted by Crippen LogP contribution is -2.29. The zero-order valence-corrected chi connectivity index (χ0v) is 19.2. The molecular weight excluding hydrogens is 386 g/mol. The highest BCUT2D eigenvalue weighted by molar-refractivity contribution is 5.71. The molecule has 0 radical (unpaired) electrons. The Hall–Kier alpha value is -1.89. The van der Waals surface area contributed by atoms with Gasteiger partial charge in [0.2, 0.25) is 0 Å². The van der Waals surface area contributed by atoms with E-state index in [1.54, 1.807) is 7.11 Å². The molecule has 1 N–H and O–H groups in total. The number of nitrogens with zero attached hydrogens (tertiary/aromatic N) is 1. The van der Waals surface area contributed by atoms with Crippen LogP contribution >= 0.6 is 0 Å². The Labute approximate surface area is 179 Å². The van der Waals surface area contributed by atoms with Crippen LogP contribution in [0, 0.1) is 11.3 Å². The van der Waals surface area contributed by atoms with Crippen molar-refractivity contribution in [1.82, 2.24) is 5.16 Å². The number of methoxy groups -OCH3 is 1. The normalized spacial score (nSPS) is 20.5. The van der Waals surface area contributed by atoms with Crippen molar-refractivity contribution in [2.24, 2.45) is 11.3 Å². The molecule has 0 bridgehead atoms. The van der Waals surface area contributed by atoms with Gasteiger partial charge in [-0.2, -0.15) is 0 Å². The summed E-state index contributed by atoms with van der Waals surface area (Å²) >= 11 is 0. The monoisotopic (exact) mass is 423 g/mol. The highest BCUT2D eigenvalue weighted by Gasteiger charge is 2.37. The van der Waals surface area contributed by atoms with Crippen LogP contribution in [0.1, 0.15) is 96.4 Å². The molecule has 0 aromatic carbocycles. The van der Waals surface area contributed by atoms with Gasteiger partial charge in [0.1, 0.15) is 11.4 Å². The quantitative estimate of drug-likeness (QED) is 0.505. The minimum Gasteiger partial charge on any atom is -0.481 e. The average Bonchev–Trinajstić information content (AvgIpc) is 3.01. The number of hydrogen-bond acceptors (Lipinski definition) is 6. The summed E-state index contributed by atoms with van der Waals surface area (Å²) < 4.78 is 16.3. The Balaban J connectivity index is 1.97. The van der Waals surface area contributed by atoms with Crippen molar-refractivity contribution in [2.75, 3.05) is 13.7 Å². The molecule has 1 aliphatic carbocycles. The number of aromatic nitrogens is 1. The maximum Gasteiger partial charge on any atom is 0.306 e. The minimum atomic E-state index is -0.895. The first kappa shape index (κ1) is 24.4. The van der Waals surface area contributed by atoms with Gasteiger partial charge in [0.05, 0.1) is 18.7 Å². The number of aliphatic carboxylic acids is 1. The smallest absolute Gasteiger partial charge is 0.306 e. The molecule has 0 aliphatic heterocycles. The molecule has 1 saturated carbocycles. The summed E-state index contributed by atoms with van der Waals surface area (Å²) in [6.07, 6.45) is 3.59. The first-order valence-corrected chi connectivity index (χ1v) is 10.8. The molecular formula is C23H37NO6. The average molecular weight is 424 g/mol. The molecule has 2 rings (SSSR count). The summed E-state index contributed by atoms with van der Waals surface area (Å²) in [6, 6.07) is 1.90. The van der Waals surface area contributed by atoms with Gasteiger partial charge in [-0.05, 0) is 57.8 Å². The molecule has 1 aromatic heterocycles. The number of rotatable bonds is 11. The van der Waals surface area contributed by atoms with Crippen LogP contribution in [0.3, 0.4) is 0 Å². The fraction of sp³-hybridized carbons (Fsp3) is 0.783. The van der Waals surface area contributed by atoms with Crippen LogP contribution in [0.25, 0.3) is 0 Å². The third kappa shape index (κ3) is 7.74. The molecule has 30 heavy (non-hydrogen) atoms. The van der Waals surface area contributed by atoms with E-state index in [-0.39, 0.29) is 30.1 Å². The first-order chi connectivity index (χ1) is 13.9. The van der Waals surface area contributed by atoms with Crippen LogP contribution in [0.15, 0.2) is 10.6 Å². The van der Waals surface area contributed by atoms with Gasteiger partial charge in [0.25, 0.3) is 0 Å². The second-order valence-corrected chi connectivity index (χ2v) is 10.4. The summed E-state index contributed by atoms with van der Waals surface area (Å²) in [6.45, 7) is 10.6. The Bertz CT molecular complexity index is 712. The SMILES string of the molecule is COCC(C)(C)C[C@H]1C[C@@H](c2cc([C@@H](CCC(=O)O)CC(=O)OC(C)(C)C)no2)C1. The number of carboxylic acids is 1. The lowest BCUT2D eigenvalue weighted by molar-refractivity contribution is -0.155. The molecule has 1 aromatic rings. The first-order valence-electron chi connectivity index (χ1n) is 10.8. The minimum absolute atomic E-state index is 0.0320. The Morgan fingerprint density at radius 3 is 2.50 bits per heavy atom. The zero-order valence-electron chi connectivity index (χ0n) is 19.2. The Morgan fingerprint density at radius 2 is 1.93 bits per heavy atom. The summed E-state index contributed by atoms with van der Waals surface area (Å²) in [5.41, 5.74) is 0.216. The third-order valence-electron chi connectivity index (χ3n) is 5.52. The van der Waals surface area contributed by atoms with E-state index >= 15 is 0 Å². The summed E-state index contributed by atoms with van der Waals surface area (Å²) in [7, 11) is 1.74. The van der Waals surface area contributed by atoms with Gasteiger partial charge in [-0.15, -0.1) is 0 Å². The van der Waals surface area contributed by atoms with E-state index < -0.39 is 11.6 Å². The maximum absolute atomic E-state index is 12.3. The molecule has 7 nitrogen and oxygen atoms in total. The maximum atomic E-state index is 12.3. The highest BCUT2D eigenvalue weighted by atomic mass is 16.6. The number of hydrogen-bond donors (Lipinski definition) is 1. The zero-order chi connectivity index (χ0) is 22.5. The lowest BCUT2D eigenvalue weighted by Gasteiger charge is -2.38. The van der Waals surface area contributed by atoms with Crippen molar-refractivity contribution >= 4 is 11.9 Å². The van der Waals surface area contributed by atoms with Crippen molar-refractivity contribution in [2.45, 2.75) is 90.6 Å². The van der Waals surface area contributed by atoms with Gasteiger partial charge in [-0.25, -0.2) is 0 Å². The number of carboxylic acid groups (broad SMARTS) is 1. The molecule has 0 unspecified atom stereocenters. The lowest BCUT2D eigenvalue weighted by atomic mass is 9.67. The largest absolute Gasteiger partial charge is 0.481 e.